The normalized spacial score (nSPS) is 18.4. The molecule has 2 aromatic rings. The minimum Gasteiger partial charge on any atom is -0.347 e. The first-order chi connectivity index (χ1) is 11.7. The largest absolute Gasteiger partial charge is 0.347 e. The fraction of sp³-hybridized carbons (Fsp3) is 0.368. The first-order valence-electron chi connectivity index (χ1n) is 8.26. The summed E-state index contributed by atoms with van der Waals surface area (Å²) in [4.78, 5) is 16.9. The third kappa shape index (κ3) is 3.78. The Labute approximate surface area is 145 Å². The van der Waals surface area contributed by atoms with Crippen LogP contribution < -0.4 is 10.6 Å². The maximum Gasteiger partial charge on any atom is 0.270 e. The standard InChI is InChI=1S/C19H21F2N3O/c1-11-4-5-16(22-14-9-12(20)8-13(21)10-14)24-17(11)18(25)23-15-6-7-19(15,2)3/h4-5,8-10,15H,6-7H2,1-3H3,(H,22,24)(H,23,25). The van der Waals surface area contributed by atoms with Gasteiger partial charge >= 0.3 is 0 Å². The van der Waals surface area contributed by atoms with Gasteiger partial charge in [-0.25, -0.2) is 13.8 Å². The number of halogens is 2. The number of anilines is 2. The number of rotatable bonds is 4. The van der Waals surface area contributed by atoms with Crippen molar-refractivity contribution in [3.8, 4) is 0 Å². The molecule has 132 valence electrons. The van der Waals surface area contributed by atoms with Crippen molar-refractivity contribution in [3.05, 3.63) is 53.2 Å². The molecule has 0 aliphatic heterocycles. The van der Waals surface area contributed by atoms with Crippen LogP contribution >= 0.6 is 0 Å². The Morgan fingerprint density at radius 2 is 1.88 bits per heavy atom. The molecule has 4 nitrogen and oxygen atoms in total. The Kier molecular flexibility index (Phi) is 4.45. The zero-order valence-corrected chi connectivity index (χ0v) is 14.5. The molecule has 0 spiro atoms. The summed E-state index contributed by atoms with van der Waals surface area (Å²) in [6.07, 6.45) is 2.04. The van der Waals surface area contributed by atoms with E-state index in [-0.39, 0.29) is 23.1 Å². The minimum atomic E-state index is -0.681. The summed E-state index contributed by atoms with van der Waals surface area (Å²) in [5, 5.41) is 5.86. The second-order valence-electron chi connectivity index (χ2n) is 7.20. The van der Waals surface area contributed by atoms with Crippen LogP contribution in [-0.4, -0.2) is 16.9 Å². The van der Waals surface area contributed by atoms with Crippen molar-refractivity contribution in [1.29, 1.82) is 0 Å². The lowest BCUT2D eigenvalue weighted by atomic mass is 9.67. The van der Waals surface area contributed by atoms with Crippen molar-refractivity contribution in [1.82, 2.24) is 10.3 Å². The van der Waals surface area contributed by atoms with Crippen molar-refractivity contribution in [2.75, 3.05) is 5.32 Å². The van der Waals surface area contributed by atoms with Crippen LogP contribution in [0.25, 0.3) is 0 Å². The number of nitrogens with one attached hydrogen (secondary N) is 2. The molecule has 0 radical (unpaired) electrons. The highest BCUT2D eigenvalue weighted by Gasteiger charge is 2.39. The molecule has 1 aliphatic carbocycles. The molecule has 1 unspecified atom stereocenters. The number of amides is 1. The van der Waals surface area contributed by atoms with E-state index in [9.17, 15) is 13.6 Å². The molecule has 1 amide bonds. The first-order valence-corrected chi connectivity index (χ1v) is 8.26. The predicted molar refractivity (Wildman–Crippen MR) is 92.9 cm³/mol. The number of aryl methyl sites for hydroxylation is 1. The average molecular weight is 345 g/mol. The Morgan fingerprint density at radius 1 is 1.20 bits per heavy atom. The molecule has 1 aliphatic rings. The van der Waals surface area contributed by atoms with Crippen molar-refractivity contribution >= 4 is 17.4 Å². The Morgan fingerprint density at radius 3 is 2.44 bits per heavy atom. The Balaban J connectivity index is 1.79. The molecule has 2 N–H and O–H groups in total. The lowest BCUT2D eigenvalue weighted by molar-refractivity contribution is 0.0727. The van der Waals surface area contributed by atoms with Crippen LogP contribution in [0.4, 0.5) is 20.3 Å². The maximum atomic E-state index is 13.3. The van der Waals surface area contributed by atoms with Gasteiger partial charge in [0.15, 0.2) is 0 Å². The van der Waals surface area contributed by atoms with E-state index in [0.717, 1.165) is 24.5 Å². The van der Waals surface area contributed by atoms with Gasteiger partial charge in [-0.2, -0.15) is 0 Å². The SMILES string of the molecule is Cc1ccc(Nc2cc(F)cc(F)c2)nc1C(=O)NC1CCC1(C)C. The summed E-state index contributed by atoms with van der Waals surface area (Å²) in [6.45, 7) is 6.05. The summed E-state index contributed by atoms with van der Waals surface area (Å²) >= 11 is 0. The molecule has 1 atom stereocenters. The number of pyridine rings is 1. The number of hydrogen-bond acceptors (Lipinski definition) is 3. The van der Waals surface area contributed by atoms with E-state index in [1.807, 2.05) is 0 Å². The molecule has 25 heavy (non-hydrogen) atoms. The van der Waals surface area contributed by atoms with Gasteiger partial charge in [0.1, 0.15) is 23.1 Å². The number of benzene rings is 1. The van der Waals surface area contributed by atoms with Gasteiger partial charge in [-0.05, 0) is 48.9 Å². The highest BCUT2D eigenvalue weighted by molar-refractivity contribution is 5.94. The lowest BCUT2D eigenvalue weighted by Gasteiger charge is -2.44. The van der Waals surface area contributed by atoms with Crippen LogP contribution in [0.2, 0.25) is 0 Å². The van der Waals surface area contributed by atoms with Crippen molar-refractivity contribution in [3.63, 3.8) is 0 Å². The summed E-state index contributed by atoms with van der Waals surface area (Å²) < 4.78 is 26.6. The van der Waals surface area contributed by atoms with Gasteiger partial charge in [0.05, 0.1) is 0 Å². The zero-order chi connectivity index (χ0) is 18.2. The third-order valence-corrected chi connectivity index (χ3v) is 4.77. The molecule has 1 fully saturated rings. The van der Waals surface area contributed by atoms with Crippen LogP contribution in [0.15, 0.2) is 30.3 Å². The molecule has 1 aromatic heterocycles. The highest BCUT2D eigenvalue weighted by atomic mass is 19.1. The van der Waals surface area contributed by atoms with Gasteiger partial charge in [-0.15, -0.1) is 0 Å². The second kappa shape index (κ2) is 6.43. The molecule has 1 heterocycles. The number of hydrogen-bond donors (Lipinski definition) is 2. The van der Waals surface area contributed by atoms with E-state index in [0.29, 0.717) is 11.5 Å². The molecule has 1 saturated carbocycles. The molecule has 6 heteroatoms. The van der Waals surface area contributed by atoms with Gasteiger partial charge in [0, 0.05) is 17.8 Å². The summed E-state index contributed by atoms with van der Waals surface area (Å²) in [6, 6.07) is 6.69. The minimum absolute atomic E-state index is 0.0958. The predicted octanol–water partition coefficient (Wildman–Crippen LogP) is 4.33. The van der Waals surface area contributed by atoms with Crippen LogP contribution in [0.5, 0.6) is 0 Å². The fourth-order valence-corrected chi connectivity index (χ4v) is 2.96. The summed E-state index contributed by atoms with van der Waals surface area (Å²) in [5.41, 5.74) is 1.38. The Bertz CT molecular complexity index is 800. The fourth-order valence-electron chi connectivity index (χ4n) is 2.96. The number of carbonyl (C=O) groups excluding carboxylic acids is 1. The average Bonchev–Trinajstić information content (AvgIpc) is 2.52. The highest BCUT2D eigenvalue weighted by Crippen LogP contribution is 2.40. The van der Waals surface area contributed by atoms with Gasteiger partial charge in [0.25, 0.3) is 5.91 Å². The van der Waals surface area contributed by atoms with E-state index >= 15 is 0 Å². The molecule has 1 aromatic carbocycles. The lowest BCUT2D eigenvalue weighted by Crippen LogP contribution is -2.52. The first kappa shape index (κ1) is 17.3. The summed E-state index contributed by atoms with van der Waals surface area (Å²) in [5.74, 6) is -1.24. The van der Waals surface area contributed by atoms with Gasteiger partial charge in [-0.1, -0.05) is 19.9 Å². The van der Waals surface area contributed by atoms with E-state index in [1.165, 1.54) is 12.1 Å². The molecule has 3 rings (SSSR count). The van der Waals surface area contributed by atoms with E-state index in [1.54, 1.807) is 19.1 Å². The Hall–Kier alpha value is -2.50. The van der Waals surface area contributed by atoms with Crippen LogP contribution in [-0.2, 0) is 0 Å². The third-order valence-electron chi connectivity index (χ3n) is 4.77. The van der Waals surface area contributed by atoms with Gasteiger partial charge < -0.3 is 10.6 Å². The van der Waals surface area contributed by atoms with Crippen LogP contribution in [0.3, 0.4) is 0 Å². The monoisotopic (exact) mass is 345 g/mol. The molecular weight excluding hydrogens is 324 g/mol. The smallest absolute Gasteiger partial charge is 0.270 e. The zero-order valence-electron chi connectivity index (χ0n) is 14.5. The molecular formula is C19H21F2N3O. The number of aromatic nitrogens is 1. The topological polar surface area (TPSA) is 54.0 Å². The quantitative estimate of drug-likeness (QED) is 0.867. The summed E-state index contributed by atoms with van der Waals surface area (Å²) in [7, 11) is 0. The van der Waals surface area contributed by atoms with Gasteiger partial charge in [-0.3, -0.25) is 4.79 Å². The van der Waals surface area contributed by atoms with Crippen LogP contribution in [0, 0.1) is 24.0 Å². The van der Waals surface area contributed by atoms with E-state index < -0.39 is 11.6 Å². The van der Waals surface area contributed by atoms with E-state index in [2.05, 4.69) is 29.5 Å². The van der Waals surface area contributed by atoms with Crippen molar-refractivity contribution in [2.24, 2.45) is 5.41 Å². The van der Waals surface area contributed by atoms with E-state index in [4.69, 9.17) is 0 Å². The number of carbonyl (C=O) groups is 1. The maximum absolute atomic E-state index is 13.3. The second-order valence-corrected chi connectivity index (χ2v) is 7.20. The van der Waals surface area contributed by atoms with Crippen LogP contribution in [0.1, 0.15) is 42.7 Å². The van der Waals surface area contributed by atoms with Crippen molar-refractivity contribution in [2.45, 2.75) is 39.7 Å². The number of nitrogens with zero attached hydrogens (tertiary/aromatic N) is 1. The molecule has 0 saturated heterocycles. The van der Waals surface area contributed by atoms with Crippen molar-refractivity contribution < 1.29 is 13.6 Å². The van der Waals surface area contributed by atoms with Gasteiger partial charge in [0.2, 0.25) is 0 Å². The molecule has 0 bridgehead atoms.